The third-order valence-corrected chi connectivity index (χ3v) is 3.86. The summed E-state index contributed by atoms with van der Waals surface area (Å²) in [6, 6.07) is 7.70. The van der Waals surface area contributed by atoms with Crippen LogP contribution in [0, 0.1) is 5.92 Å². The van der Waals surface area contributed by atoms with E-state index < -0.39 is 5.97 Å². The summed E-state index contributed by atoms with van der Waals surface area (Å²) in [4.78, 5) is 24.8. The Morgan fingerprint density at radius 2 is 1.95 bits per heavy atom. The van der Waals surface area contributed by atoms with E-state index in [1.807, 2.05) is 24.3 Å². The molecule has 1 aliphatic heterocycles. The fraction of sp³-hybridized carbons (Fsp3) is 0.500. The number of hydrogen-bond donors (Lipinski definition) is 1. The van der Waals surface area contributed by atoms with E-state index in [-0.39, 0.29) is 18.2 Å². The molecule has 0 saturated carbocycles. The molecule has 1 N–H and O–H groups in total. The van der Waals surface area contributed by atoms with Gasteiger partial charge < -0.3 is 10.0 Å². The number of hydrogen-bond acceptors (Lipinski definition) is 2. The molecule has 0 aliphatic carbocycles. The van der Waals surface area contributed by atoms with Crippen LogP contribution in [0.25, 0.3) is 0 Å². The Morgan fingerprint density at radius 3 is 2.50 bits per heavy atom. The second kappa shape index (κ2) is 6.07. The zero-order valence-corrected chi connectivity index (χ0v) is 12.0. The molecule has 4 nitrogen and oxygen atoms in total. The maximum absolute atomic E-state index is 12.3. The molecule has 108 valence electrons. The topological polar surface area (TPSA) is 57.6 Å². The number of nitrogens with zero attached hydrogens (tertiary/aromatic N) is 1. The van der Waals surface area contributed by atoms with E-state index in [0.717, 1.165) is 6.42 Å². The summed E-state index contributed by atoms with van der Waals surface area (Å²) in [7, 11) is 0. The zero-order valence-electron chi connectivity index (χ0n) is 12.0. The highest BCUT2D eigenvalue weighted by Gasteiger charge is 2.28. The number of carboxylic acids is 1. The second-order valence-corrected chi connectivity index (χ2v) is 5.78. The van der Waals surface area contributed by atoms with Gasteiger partial charge in [-0.15, -0.1) is 0 Å². The Balaban J connectivity index is 1.99. The van der Waals surface area contributed by atoms with Crippen LogP contribution >= 0.6 is 0 Å². The van der Waals surface area contributed by atoms with Gasteiger partial charge >= 0.3 is 5.97 Å². The molecule has 0 spiro atoms. The Hall–Kier alpha value is -1.84. The van der Waals surface area contributed by atoms with Crippen molar-refractivity contribution < 1.29 is 14.7 Å². The van der Waals surface area contributed by atoms with E-state index in [9.17, 15) is 9.59 Å². The van der Waals surface area contributed by atoms with Gasteiger partial charge in [0.05, 0.1) is 0 Å². The Kier molecular flexibility index (Phi) is 4.42. The number of carboxylic acid groups (broad SMARTS) is 1. The molecule has 0 aromatic heterocycles. The molecule has 0 bridgehead atoms. The monoisotopic (exact) mass is 275 g/mol. The first-order valence-corrected chi connectivity index (χ1v) is 7.08. The quantitative estimate of drug-likeness (QED) is 0.919. The molecule has 4 heteroatoms. The van der Waals surface area contributed by atoms with Gasteiger partial charge in [0.25, 0.3) is 5.91 Å². The number of amides is 1. The van der Waals surface area contributed by atoms with Gasteiger partial charge in [-0.25, -0.2) is 0 Å². The number of carbonyl (C=O) groups is 2. The normalized spacial score (nSPS) is 18.6. The molecule has 1 aromatic carbocycles. The van der Waals surface area contributed by atoms with Crippen molar-refractivity contribution in [3.8, 4) is 0 Å². The lowest BCUT2D eigenvalue weighted by atomic mass is 10.0. The summed E-state index contributed by atoms with van der Waals surface area (Å²) in [5, 5.41) is 8.79. The van der Waals surface area contributed by atoms with Crippen LogP contribution in [-0.2, 0) is 4.79 Å². The Labute approximate surface area is 119 Å². The predicted molar refractivity (Wildman–Crippen MR) is 76.8 cm³/mol. The molecule has 1 unspecified atom stereocenters. The van der Waals surface area contributed by atoms with E-state index in [1.165, 1.54) is 5.56 Å². The number of benzene rings is 1. The highest BCUT2D eigenvalue weighted by molar-refractivity contribution is 5.94. The predicted octanol–water partition coefficient (Wildman–Crippen LogP) is 2.75. The van der Waals surface area contributed by atoms with Crippen LogP contribution in [0.15, 0.2) is 24.3 Å². The van der Waals surface area contributed by atoms with E-state index in [4.69, 9.17) is 5.11 Å². The third kappa shape index (κ3) is 3.38. The lowest BCUT2D eigenvalue weighted by molar-refractivity contribution is -0.138. The third-order valence-electron chi connectivity index (χ3n) is 3.86. The highest BCUT2D eigenvalue weighted by atomic mass is 16.4. The van der Waals surface area contributed by atoms with Gasteiger partial charge in [-0.3, -0.25) is 9.59 Å². The van der Waals surface area contributed by atoms with Crippen LogP contribution < -0.4 is 0 Å². The first kappa shape index (κ1) is 14.6. The van der Waals surface area contributed by atoms with Crippen LogP contribution in [-0.4, -0.2) is 35.0 Å². The van der Waals surface area contributed by atoms with Crippen molar-refractivity contribution in [3.05, 3.63) is 35.4 Å². The van der Waals surface area contributed by atoms with Crippen molar-refractivity contribution >= 4 is 11.9 Å². The van der Waals surface area contributed by atoms with Gasteiger partial charge in [-0.1, -0.05) is 26.0 Å². The molecule has 1 aliphatic rings. The van der Waals surface area contributed by atoms with Gasteiger partial charge in [0, 0.05) is 25.1 Å². The van der Waals surface area contributed by atoms with Crippen LogP contribution in [0.1, 0.15) is 48.5 Å². The van der Waals surface area contributed by atoms with Gasteiger partial charge in [0.2, 0.25) is 0 Å². The van der Waals surface area contributed by atoms with Gasteiger partial charge in [0.1, 0.15) is 0 Å². The average molecular weight is 275 g/mol. The fourth-order valence-corrected chi connectivity index (χ4v) is 2.62. The number of rotatable bonds is 4. The second-order valence-electron chi connectivity index (χ2n) is 5.78. The molecular formula is C16H21NO3. The summed E-state index contributed by atoms with van der Waals surface area (Å²) in [5.41, 5.74) is 1.90. The minimum atomic E-state index is -0.786. The summed E-state index contributed by atoms with van der Waals surface area (Å²) >= 11 is 0. The van der Waals surface area contributed by atoms with Gasteiger partial charge in [-0.2, -0.15) is 0 Å². The van der Waals surface area contributed by atoms with Crippen LogP contribution in [0.3, 0.4) is 0 Å². The minimum Gasteiger partial charge on any atom is -0.481 e. The van der Waals surface area contributed by atoms with Crippen molar-refractivity contribution in [2.45, 2.75) is 32.6 Å². The van der Waals surface area contributed by atoms with Crippen molar-refractivity contribution in [3.63, 3.8) is 0 Å². The molecule has 20 heavy (non-hydrogen) atoms. The molecule has 1 atom stereocenters. The molecular weight excluding hydrogens is 254 g/mol. The van der Waals surface area contributed by atoms with E-state index in [2.05, 4.69) is 13.8 Å². The summed E-state index contributed by atoms with van der Waals surface area (Å²) < 4.78 is 0. The largest absolute Gasteiger partial charge is 0.481 e. The summed E-state index contributed by atoms with van der Waals surface area (Å²) in [6.45, 7) is 5.45. The smallest absolute Gasteiger partial charge is 0.303 e. The van der Waals surface area contributed by atoms with Crippen LogP contribution in [0.2, 0.25) is 0 Å². The molecule has 1 fully saturated rings. The van der Waals surface area contributed by atoms with Gasteiger partial charge in [-0.05, 0) is 36.0 Å². The van der Waals surface area contributed by atoms with E-state index in [1.54, 1.807) is 4.90 Å². The van der Waals surface area contributed by atoms with Gasteiger partial charge in [0.15, 0.2) is 0 Å². The summed E-state index contributed by atoms with van der Waals surface area (Å²) in [6.07, 6.45) is 0.929. The van der Waals surface area contributed by atoms with Crippen molar-refractivity contribution in [1.82, 2.24) is 4.90 Å². The molecule has 2 rings (SSSR count). The average Bonchev–Trinajstić information content (AvgIpc) is 2.85. The highest BCUT2D eigenvalue weighted by Crippen LogP contribution is 2.22. The fourth-order valence-electron chi connectivity index (χ4n) is 2.62. The van der Waals surface area contributed by atoms with E-state index >= 15 is 0 Å². The molecule has 1 saturated heterocycles. The minimum absolute atomic E-state index is 0.00759. The van der Waals surface area contributed by atoms with Crippen molar-refractivity contribution in [2.24, 2.45) is 5.92 Å². The molecule has 1 aromatic rings. The first-order valence-electron chi connectivity index (χ1n) is 7.08. The molecule has 1 heterocycles. The van der Waals surface area contributed by atoms with Crippen LogP contribution in [0.4, 0.5) is 0 Å². The maximum Gasteiger partial charge on any atom is 0.303 e. The van der Waals surface area contributed by atoms with Crippen molar-refractivity contribution in [2.75, 3.05) is 13.1 Å². The SMILES string of the molecule is CC(C)c1ccc(C(=O)N2CCC(CC(=O)O)C2)cc1. The van der Waals surface area contributed by atoms with E-state index in [0.29, 0.717) is 24.6 Å². The lowest BCUT2D eigenvalue weighted by Gasteiger charge is -2.16. The standard InChI is InChI=1S/C16H21NO3/c1-11(2)13-3-5-14(6-4-13)16(20)17-8-7-12(10-17)9-15(18)19/h3-6,11-12H,7-10H2,1-2H3,(H,18,19). The van der Waals surface area contributed by atoms with Crippen molar-refractivity contribution in [1.29, 1.82) is 0 Å². The molecule has 0 radical (unpaired) electrons. The lowest BCUT2D eigenvalue weighted by Crippen LogP contribution is -2.29. The zero-order chi connectivity index (χ0) is 14.7. The first-order chi connectivity index (χ1) is 9.47. The number of likely N-dealkylation sites (tertiary alicyclic amines) is 1. The maximum atomic E-state index is 12.3. The summed E-state index contributed by atoms with van der Waals surface area (Å²) in [5.74, 6) is -0.240. The number of carbonyl (C=O) groups excluding carboxylic acids is 1. The number of aliphatic carboxylic acids is 1. The Morgan fingerprint density at radius 1 is 1.30 bits per heavy atom. The molecule has 1 amide bonds. The van der Waals surface area contributed by atoms with Crippen LogP contribution in [0.5, 0.6) is 0 Å². The Bertz CT molecular complexity index is 493.